The molecule has 140 valence electrons. The van der Waals surface area contributed by atoms with Crippen LogP contribution in [-0.4, -0.2) is 9.97 Å². The second-order valence-corrected chi connectivity index (χ2v) is 6.87. The monoisotopic (exact) mass is 386 g/mol. The van der Waals surface area contributed by atoms with Gasteiger partial charge in [-0.1, -0.05) is 43.8 Å². The average molecular weight is 386 g/mol. The lowest BCUT2D eigenvalue weighted by molar-refractivity contribution is 0.453. The highest BCUT2D eigenvalue weighted by Gasteiger charge is 2.12. The minimum absolute atomic E-state index is 0.0196. The summed E-state index contributed by atoms with van der Waals surface area (Å²) in [6.45, 7) is 4.06. The van der Waals surface area contributed by atoms with Crippen LogP contribution < -0.4 is 4.74 Å². The van der Waals surface area contributed by atoms with Gasteiger partial charge in [-0.05, 0) is 42.7 Å². The summed E-state index contributed by atoms with van der Waals surface area (Å²) < 4.78 is 33.5. The van der Waals surface area contributed by atoms with Crippen LogP contribution in [0.25, 0.3) is 0 Å². The number of ether oxygens (including phenoxy) is 1. The molecule has 0 spiro atoms. The molecule has 27 heavy (non-hydrogen) atoms. The predicted molar refractivity (Wildman–Crippen MR) is 103 cm³/mol. The van der Waals surface area contributed by atoms with E-state index in [9.17, 15) is 8.78 Å². The summed E-state index contributed by atoms with van der Waals surface area (Å²) in [5.41, 5.74) is 2.00. The van der Waals surface area contributed by atoms with E-state index < -0.39 is 11.6 Å². The highest BCUT2D eigenvalue weighted by atomic mass is 32.2. The molecular formula is C21H20F2N2OS. The zero-order chi connectivity index (χ0) is 19.2. The molecule has 0 saturated carbocycles. The number of aromatic nitrogens is 2. The SMILES string of the molecule is CCc1cccc(Oc2cc(CC)nc(SCc3c(F)cccc3F)n2)c1. The van der Waals surface area contributed by atoms with Crippen molar-refractivity contribution in [2.75, 3.05) is 0 Å². The van der Waals surface area contributed by atoms with E-state index >= 15 is 0 Å². The van der Waals surface area contributed by atoms with Gasteiger partial charge >= 0.3 is 0 Å². The molecule has 0 N–H and O–H groups in total. The van der Waals surface area contributed by atoms with E-state index in [0.717, 1.165) is 12.1 Å². The first kappa shape index (κ1) is 19.3. The molecule has 0 amide bonds. The summed E-state index contributed by atoms with van der Waals surface area (Å²) in [4.78, 5) is 8.82. The number of thioether (sulfide) groups is 1. The van der Waals surface area contributed by atoms with Crippen LogP contribution >= 0.6 is 11.8 Å². The Morgan fingerprint density at radius 2 is 1.67 bits per heavy atom. The van der Waals surface area contributed by atoms with Gasteiger partial charge in [-0.2, -0.15) is 4.98 Å². The Labute approximate surface area is 161 Å². The molecule has 2 aromatic carbocycles. The molecule has 0 saturated heterocycles. The Bertz CT molecular complexity index is 914. The lowest BCUT2D eigenvalue weighted by Crippen LogP contribution is -1.99. The molecule has 0 aliphatic carbocycles. The van der Waals surface area contributed by atoms with Gasteiger partial charge in [-0.3, -0.25) is 0 Å². The van der Waals surface area contributed by atoms with Crippen molar-refractivity contribution in [3.05, 3.63) is 77.0 Å². The first-order valence-corrected chi connectivity index (χ1v) is 9.78. The van der Waals surface area contributed by atoms with Crippen molar-refractivity contribution in [1.29, 1.82) is 0 Å². The molecule has 3 aromatic rings. The second kappa shape index (κ2) is 8.95. The largest absolute Gasteiger partial charge is 0.439 e. The smallest absolute Gasteiger partial charge is 0.223 e. The molecule has 0 radical (unpaired) electrons. The Balaban J connectivity index is 1.80. The summed E-state index contributed by atoms with van der Waals surface area (Å²) in [7, 11) is 0. The Morgan fingerprint density at radius 3 is 2.37 bits per heavy atom. The van der Waals surface area contributed by atoms with Gasteiger partial charge in [-0.25, -0.2) is 13.8 Å². The molecule has 6 heteroatoms. The number of benzene rings is 2. The Hall–Kier alpha value is -2.47. The van der Waals surface area contributed by atoms with Crippen LogP contribution in [0.2, 0.25) is 0 Å². The highest BCUT2D eigenvalue weighted by molar-refractivity contribution is 7.98. The van der Waals surface area contributed by atoms with Gasteiger partial charge in [0.1, 0.15) is 17.4 Å². The summed E-state index contributed by atoms with van der Waals surface area (Å²) >= 11 is 1.18. The van der Waals surface area contributed by atoms with Crippen molar-refractivity contribution in [2.45, 2.75) is 37.6 Å². The lowest BCUT2D eigenvalue weighted by atomic mass is 10.2. The minimum atomic E-state index is -0.568. The predicted octanol–water partition coefficient (Wildman–Crippen LogP) is 5.96. The van der Waals surface area contributed by atoms with E-state index in [1.165, 1.54) is 35.5 Å². The Kier molecular flexibility index (Phi) is 6.40. The van der Waals surface area contributed by atoms with Crippen molar-refractivity contribution in [2.24, 2.45) is 0 Å². The second-order valence-electron chi connectivity index (χ2n) is 5.93. The minimum Gasteiger partial charge on any atom is -0.439 e. The van der Waals surface area contributed by atoms with Crippen molar-refractivity contribution in [3.8, 4) is 11.6 Å². The third-order valence-corrected chi connectivity index (χ3v) is 4.91. The molecule has 3 nitrogen and oxygen atoms in total. The fourth-order valence-electron chi connectivity index (χ4n) is 2.50. The maximum Gasteiger partial charge on any atom is 0.223 e. The average Bonchev–Trinajstić information content (AvgIpc) is 2.67. The zero-order valence-corrected chi connectivity index (χ0v) is 16.0. The van der Waals surface area contributed by atoms with Crippen LogP contribution in [0.3, 0.4) is 0 Å². The van der Waals surface area contributed by atoms with Crippen LogP contribution in [-0.2, 0) is 18.6 Å². The van der Waals surface area contributed by atoms with Crippen LogP contribution in [0.5, 0.6) is 11.6 Å². The van der Waals surface area contributed by atoms with Crippen LogP contribution in [0, 0.1) is 11.6 Å². The van der Waals surface area contributed by atoms with E-state index in [1.54, 1.807) is 6.07 Å². The highest BCUT2D eigenvalue weighted by Crippen LogP contribution is 2.27. The van der Waals surface area contributed by atoms with Crippen molar-refractivity contribution in [1.82, 2.24) is 9.97 Å². The third kappa shape index (κ3) is 5.04. The number of rotatable bonds is 7. The van der Waals surface area contributed by atoms with Crippen LogP contribution in [0.15, 0.2) is 53.7 Å². The standard InChI is InChI=1S/C21H20F2N2OS/c1-3-14-7-5-8-16(11-14)26-20-12-15(4-2)24-21(25-20)27-13-17-18(22)9-6-10-19(17)23/h5-12H,3-4,13H2,1-2H3. The summed E-state index contributed by atoms with van der Waals surface area (Å²) in [6, 6.07) is 13.4. The molecular weight excluding hydrogens is 366 g/mol. The number of hydrogen-bond donors (Lipinski definition) is 0. The molecule has 3 rings (SSSR count). The maximum absolute atomic E-state index is 13.8. The number of aryl methyl sites for hydroxylation is 2. The van der Waals surface area contributed by atoms with Gasteiger partial charge in [0.25, 0.3) is 0 Å². The van der Waals surface area contributed by atoms with Gasteiger partial charge in [0.05, 0.1) is 0 Å². The zero-order valence-electron chi connectivity index (χ0n) is 15.2. The molecule has 0 fully saturated rings. The quantitative estimate of drug-likeness (QED) is 0.370. The van der Waals surface area contributed by atoms with Gasteiger partial charge in [-0.15, -0.1) is 0 Å². The van der Waals surface area contributed by atoms with Crippen molar-refractivity contribution in [3.63, 3.8) is 0 Å². The Morgan fingerprint density at radius 1 is 0.926 bits per heavy atom. The molecule has 1 aromatic heterocycles. The number of halogens is 2. The van der Waals surface area contributed by atoms with Crippen LogP contribution in [0.1, 0.15) is 30.7 Å². The van der Waals surface area contributed by atoms with E-state index in [-0.39, 0.29) is 11.3 Å². The normalized spacial score (nSPS) is 10.8. The lowest BCUT2D eigenvalue weighted by Gasteiger charge is -2.10. The fourth-order valence-corrected chi connectivity index (χ4v) is 3.39. The number of hydrogen-bond acceptors (Lipinski definition) is 4. The molecule has 0 aliphatic heterocycles. The topological polar surface area (TPSA) is 35.0 Å². The molecule has 0 unspecified atom stereocenters. The first-order chi connectivity index (χ1) is 13.1. The van der Waals surface area contributed by atoms with Gasteiger partial charge in [0, 0.05) is 23.1 Å². The van der Waals surface area contributed by atoms with E-state index in [4.69, 9.17) is 4.74 Å². The van der Waals surface area contributed by atoms with Crippen LogP contribution in [0.4, 0.5) is 8.78 Å². The van der Waals surface area contributed by atoms with E-state index in [1.807, 2.05) is 31.2 Å². The van der Waals surface area contributed by atoms with E-state index in [2.05, 4.69) is 16.9 Å². The first-order valence-electron chi connectivity index (χ1n) is 8.79. The maximum atomic E-state index is 13.8. The van der Waals surface area contributed by atoms with Crippen molar-refractivity contribution < 1.29 is 13.5 Å². The van der Waals surface area contributed by atoms with E-state index in [0.29, 0.717) is 23.2 Å². The summed E-state index contributed by atoms with van der Waals surface area (Å²) in [6.07, 6.45) is 1.62. The van der Waals surface area contributed by atoms with Gasteiger partial charge in [0.15, 0.2) is 5.16 Å². The third-order valence-electron chi connectivity index (χ3n) is 4.03. The van der Waals surface area contributed by atoms with Gasteiger partial charge < -0.3 is 4.74 Å². The molecule has 1 heterocycles. The summed E-state index contributed by atoms with van der Waals surface area (Å²) in [5, 5.41) is 0.429. The number of nitrogens with zero attached hydrogens (tertiary/aromatic N) is 2. The molecule has 0 bridgehead atoms. The molecule has 0 atom stereocenters. The van der Waals surface area contributed by atoms with Crippen molar-refractivity contribution >= 4 is 11.8 Å². The molecule has 0 aliphatic rings. The fraction of sp³-hybridized carbons (Fsp3) is 0.238. The summed E-state index contributed by atoms with van der Waals surface area (Å²) in [5.74, 6) is 0.0954. The van der Waals surface area contributed by atoms with Gasteiger partial charge in [0.2, 0.25) is 5.88 Å².